The van der Waals surface area contributed by atoms with E-state index in [1.807, 2.05) is 30.3 Å². The molecule has 2 amide bonds. The van der Waals surface area contributed by atoms with Crippen LogP contribution in [-0.4, -0.2) is 48.8 Å². The number of carbonyl (C=O) groups is 1. The van der Waals surface area contributed by atoms with Crippen LogP contribution in [0.5, 0.6) is 0 Å². The SMILES string of the molecule is CC1CCCN(CCNC(=O)NCCC(O)c2ccccc2)C1. The zero-order chi connectivity index (χ0) is 16.5. The summed E-state index contributed by atoms with van der Waals surface area (Å²) in [5, 5.41) is 15.7. The number of hydrogen-bond donors (Lipinski definition) is 3. The van der Waals surface area contributed by atoms with Crippen molar-refractivity contribution in [2.75, 3.05) is 32.7 Å². The van der Waals surface area contributed by atoms with Crippen molar-refractivity contribution < 1.29 is 9.90 Å². The Morgan fingerprint density at radius 1 is 1.30 bits per heavy atom. The number of rotatable bonds is 7. The number of likely N-dealkylation sites (tertiary alicyclic amines) is 1. The summed E-state index contributed by atoms with van der Waals surface area (Å²) in [6, 6.07) is 9.36. The molecule has 2 atom stereocenters. The molecule has 1 aliphatic rings. The number of benzene rings is 1. The molecule has 1 fully saturated rings. The molecule has 1 aliphatic heterocycles. The summed E-state index contributed by atoms with van der Waals surface area (Å²) in [6.45, 7) is 6.58. The van der Waals surface area contributed by atoms with E-state index in [-0.39, 0.29) is 6.03 Å². The standard InChI is InChI=1S/C18H29N3O2/c1-15-6-5-12-21(14-15)13-11-20-18(23)19-10-9-17(22)16-7-3-2-4-8-16/h2-4,7-8,15,17,22H,5-6,9-14H2,1H3,(H2,19,20,23). The molecule has 5 nitrogen and oxygen atoms in total. The minimum Gasteiger partial charge on any atom is -0.388 e. The highest BCUT2D eigenvalue weighted by Gasteiger charge is 2.15. The maximum atomic E-state index is 11.7. The Morgan fingerprint density at radius 3 is 2.78 bits per heavy atom. The second-order valence-corrected chi connectivity index (χ2v) is 6.45. The number of aliphatic hydroxyl groups is 1. The van der Waals surface area contributed by atoms with Gasteiger partial charge in [0.15, 0.2) is 0 Å². The van der Waals surface area contributed by atoms with Gasteiger partial charge in [0.05, 0.1) is 6.10 Å². The first-order chi connectivity index (χ1) is 11.1. The van der Waals surface area contributed by atoms with Crippen molar-refractivity contribution in [3.8, 4) is 0 Å². The average molecular weight is 319 g/mol. The number of amides is 2. The molecule has 2 rings (SSSR count). The van der Waals surface area contributed by atoms with Crippen molar-refractivity contribution in [1.29, 1.82) is 0 Å². The molecular formula is C18H29N3O2. The zero-order valence-corrected chi connectivity index (χ0v) is 14.0. The lowest BCUT2D eigenvalue weighted by Crippen LogP contribution is -2.43. The fourth-order valence-electron chi connectivity index (χ4n) is 3.04. The van der Waals surface area contributed by atoms with Gasteiger partial charge in [-0.2, -0.15) is 0 Å². The van der Waals surface area contributed by atoms with E-state index >= 15 is 0 Å². The van der Waals surface area contributed by atoms with E-state index < -0.39 is 6.10 Å². The average Bonchev–Trinajstić information content (AvgIpc) is 2.55. The topological polar surface area (TPSA) is 64.6 Å². The normalized spacial score (nSPS) is 20.0. The van der Waals surface area contributed by atoms with Crippen molar-refractivity contribution in [1.82, 2.24) is 15.5 Å². The minimum atomic E-state index is -0.536. The zero-order valence-electron chi connectivity index (χ0n) is 14.0. The molecule has 0 bridgehead atoms. The Labute approximate surface area is 139 Å². The van der Waals surface area contributed by atoms with Crippen molar-refractivity contribution in [3.05, 3.63) is 35.9 Å². The van der Waals surface area contributed by atoms with Crippen LogP contribution >= 0.6 is 0 Å². The molecule has 128 valence electrons. The molecule has 0 spiro atoms. The number of hydrogen-bond acceptors (Lipinski definition) is 3. The predicted octanol–water partition coefficient (Wildman–Crippen LogP) is 2.14. The third kappa shape index (κ3) is 6.59. The fourth-order valence-corrected chi connectivity index (χ4v) is 3.04. The summed E-state index contributed by atoms with van der Waals surface area (Å²) in [6.07, 6.45) is 2.55. The van der Waals surface area contributed by atoms with Gasteiger partial charge in [-0.1, -0.05) is 37.3 Å². The van der Waals surface area contributed by atoms with Crippen molar-refractivity contribution in [2.24, 2.45) is 5.92 Å². The highest BCUT2D eigenvalue weighted by molar-refractivity contribution is 5.73. The van der Waals surface area contributed by atoms with Gasteiger partial charge in [-0.25, -0.2) is 4.79 Å². The molecule has 0 aliphatic carbocycles. The molecule has 1 aromatic rings. The Morgan fingerprint density at radius 2 is 2.04 bits per heavy atom. The van der Waals surface area contributed by atoms with E-state index in [0.29, 0.717) is 19.5 Å². The third-order valence-electron chi connectivity index (χ3n) is 4.34. The van der Waals surface area contributed by atoms with Crippen LogP contribution < -0.4 is 10.6 Å². The molecule has 5 heteroatoms. The quantitative estimate of drug-likeness (QED) is 0.721. The molecule has 0 radical (unpaired) electrons. The lowest BCUT2D eigenvalue weighted by molar-refractivity contribution is 0.166. The lowest BCUT2D eigenvalue weighted by Gasteiger charge is -2.30. The predicted molar refractivity (Wildman–Crippen MR) is 92.3 cm³/mol. The smallest absolute Gasteiger partial charge is 0.314 e. The second-order valence-electron chi connectivity index (χ2n) is 6.45. The van der Waals surface area contributed by atoms with Crippen LogP contribution in [0.15, 0.2) is 30.3 Å². The highest BCUT2D eigenvalue weighted by atomic mass is 16.3. The van der Waals surface area contributed by atoms with Crippen LogP contribution in [0, 0.1) is 5.92 Å². The molecule has 1 saturated heterocycles. The van der Waals surface area contributed by atoms with Gasteiger partial charge in [-0.3, -0.25) is 0 Å². The maximum Gasteiger partial charge on any atom is 0.314 e. The first-order valence-electron chi connectivity index (χ1n) is 8.62. The molecular weight excluding hydrogens is 290 g/mol. The maximum absolute atomic E-state index is 11.7. The summed E-state index contributed by atoms with van der Waals surface area (Å²) < 4.78 is 0. The van der Waals surface area contributed by atoms with Gasteiger partial charge in [0.2, 0.25) is 0 Å². The first kappa shape index (κ1) is 17.8. The fraction of sp³-hybridized carbons (Fsp3) is 0.611. The van der Waals surface area contributed by atoms with Crippen molar-refractivity contribution in [3.63, 3.8) is 0 Å². The molecule has 1 heterocycles. The van der Waals surface area contributed by atoms with Gasteiger partial charge in [0.1, 0.15) is 0 Å². The molecule has 0 saturated carbocycles. The molecule has 2 unspecified atom stereocenters. The van der Waals surface area contributed by atoms with E-state index in [2.05, 4.69) is 22.5 Å². The summed E-state index contributed by atoms with van der Waals surface area (Å²) in [4.78, 5) is 14.2. The Hall–Kier alpha value is -1.59. The van der Waals surface area contributed by atoms with Crippen LogP contribution in [0.1, 0.15) is 37.9 Å². The van der Waals surface area contributed by atoms with E-state index in [9.17, 15) is 9.90 Å². The van der Waals surface area contributed by atoms with Gasteiger partial charge >= 0.3 is 6.03 Å². The van der Waals surface area contributed by atoms with Gasteiger partial charge in [0.25, 0.3) is 0 Å². The molecule has 0 aromatic heterocycles. The van der Waals surface area contributed by atoms with E-state index in [1.165, 1.54) is 12.8 Å². The van der Waals surface area contributed by atoms with Crippen LogP contribution in [0.3, 0.4) is 0 Å². The van der Waals surface area contributed by atoms with Gasteiger partial charge in [-0.15, -0.1) is 0 Å². The summed E-state index contributed by atoms with van der Waals surface area (Å²) in [7, 11) is 0. The summed E-state index contributed by atoms with van der Waals surface area (Å²) >= 11 is 0. The van der Waals surface area contributed by atoms with Crippen LogP contribution in [0.4, 0.5) is 4.79 Å². The Balaban J connectivity index is 1.55. The number of nitrogens with one attached hydrogen (secondary N) is 2. The van der Waals surface area contributed by atoms with Crippen LogP contribution in [0.25, 0.3) is 0 Å². The number of piperidine rings is 1. The van der Waals surface area contributed by atoms with Crippen molar-refractivity contribution in [2.45, 2.75) is 32.3 Å². The molecule has 23 heavy (non-hydrogen) atoms. The van der Waals surface area contributed by atoms with E-state index in [0.717, 1.165) is 31.1 Å². The largest absolute Gasteiger partial charge is 0.388 e. The van der Waals surface area contributed by atoms with E-state index in [4.69, 9.17) is 0 Å². The van der Waals surface area contributed by atoms with Gasteiger partial charge < -0.3 is 20.6 Å². The minimum absolute atomic E-state index is 0.157. The summed E-state index contributed by atoms with van der Waals surface area (Å²) in [5.41, 5.74) is 0.883. The first-order valence-corrected chi connectivity index (χ1v) is 8.62. The number of carbonyl (C=O) groups excluding carboxylic acids is 1. The number of nitrogens with zero attached hydrogens (tertiary/aromatic N) is 1. The third-order valence-corrected chi connectivity index (χ3v) is 4.34. The van der Waals surface area contributed by atoms with Gasteiger partial charge in [0, 0.05) is 26.2 Å². The summed E-state index contributed by atoms with van der Waals surface area (Å²) in [5.74, 6) is 0.761. The molecule has 1 aromatic carbocycles. The monoisotopic (exact) mass is 319 g/mol. The second kappa shape index (κ2) is 9.53. The van der Waals surface area contributed by atoms with Crippen LogP contribution in [0.2, 0.25) is 0 Å². The van der Waals surface area contributed by atoms with Crippen LogP contribution in [-0.2, 0) is 0 Å². The van der Waals surface area contributed by atoms with E-state index in [1.54, 1.807) is 0 Å². The van der Waals surface area contributed by atoms with Crippen molar-refractivity contribution >= 4 is 6.03 Å². The number of aliphatic hydroxyl groups excluding tert-OH is 1. The Kier molecular flexibility index (Phi) is 7.36. The van der Waals surface area contributed by atoms with Gasteiger partial charge in [-0.05, 0) is 37.3 Å². The Bertz CT molecular complexity index is 467. The molecule has 3 N–H and O–H groups in total. The number of urea groups is 1. The highest BCUT2D eigenvalue weighted by Crippen LogP contribution is 2.15. The lowest BCUT2D eigenvalue weighted by atomic mass is 10.0.